The number of rotatable bonds is 3. The number of amides is 2. The van der Waals surface area contributed by atoms with Crippen LogP contribution in [0.15, 0.2) is 24.3 Å². The van der Waals surface area contributed by atoms with Gasteiger partial charge in [0.2, 0.25) is 0 Å². The van der Waals surface area contributed by atoms with Gasteiger partial charge in [0.25, 0.3) is 0 Å². The van der Waals surface area contributed by atoms with E-state index in [1.54, 1.807) is 7.05 Å². The molecule has 19 heavy (non-hydrogen) atoms. The van der Waals surface area contributed by atoms with E-state index in [0.717, 1.165) is 11.1 Å². The van der Waals surface area contributed by atoms with Crippen molar-refractivity contribution >= 4 is 29.0 Å². The number of nitrogens with two attached hydrogens (primary N) is 1. The Morgan fingerprint density at radius 3 is 2.63 bits per heavy atom. The third-order valence-electron chi connectivity index (χ3n) is 3.17. The van der Waals surface area contributed by atoms with Crippen LogP contribution < -0.4 is 5.73 Å². The molecule has 0 spiro atoms. The van der Waals surface area contributed by atoms with Gasteiger partial charge in [-0.25, -0.2) is 0 Å². The molecule has 0 unspecified atom stereocenters. The highest BCUT2D eigenvalue weighted by molar-refractivity contribution is 7.80. The standard InChI is InChI=1S/C13H15N3O2S/c1-15-6-7-16(13(18)12(15)17)8-9-4-2-3-5-10(9)11(14)19/h2-5H,6-8H2,1H3,(H2,14,19). The molecule has 5 nitrogen and oxygen atoms in total. The largest absolute Gasteiger partial charge is 0.389 e. The van der Waals surface area contributed by atoms with Crippen molar-refractivity contribution < 1.29 is 9.59 Å². The van der Waals surface area contributed by atoms with Crippen LogP contribution in [-0.2, 0) is 16.1 Å². The quantitative estimate of drug-likeness (QED) is 0.629. The number of hydrogen-bond donors (Lipinski definition) is 1. The molecule has 1 aliphatic rings. The molecular weight excluding hydrogens is 262 g/mol. The summed E-state index contributed by atoms with van der Waals surface area (Å²) in [4.78, 5) is 26.8. The smallest absolute Gasteiger partial charge is 0.312 e. The monoisotopic (exact) mass is 277 g/mol. The van der Waals surface area contributed by atoms with Gasteiger partial charge in [-0.15, -0.1) is 0 Å². The zero-order valence-corrected chi connectivity index (χ0v) is 11.4. The maximum atomic E-state index is 11.9. The second-order valence-electron chi connectivity index (χ2n) is 4.47. The Morgan fingerprint density at radius 1 is 1.26 bits per heavy atom. The van der Waals surface area contributed by atoms with E-state index >= 15 is 0 Å². The Labute approximate surface area is 117 Å². The highest BCUT2D eigenvalue weighted by Crippen LogP contribution is 2.14. The van der Waals surface area contributed by atoms with E-state index in [-0.39, 0.29) is 0 Å². The van der Waals surface area contributed by atoms with Crippen molar-refractivity contribution in [3.8, 4) is 0 Å². The van der Waals surface area contributed by atoms with Crippen molar-refractivity contribution in [2.45, 2.75) is 6.54 Å². The van der Waals surface area contributed by atoms with E-state index in [1.807, 2.05) is 24.3 Å². The summed E-state index contributed by atoms with van der Waals surface area (Å²) in [5.74, 6) is -0.953. The molecule has 0 aromatic heterocycles. The van der Waals surface area contributed by atoms with Gasteiger partial charge in [-0.2, -0.15) is 0 Å². The summed E-state index contributed by atoms with van der Waals surface area (Å²) in [6.45, 7) is 1.42. The predicted molar refractivity (Wildman–Crippen MR) is 75.4 cm³/mol. The second kappa shape index (κ2) is 5.36. The first-order valence-corrected chi connectivity index (χ1v) is 6.33. The average molecular weight is 277 g/mol. The van der Waals surface area contributed by atoms with Crippen molar-refractivity contribution in [3.63, 3.8) is 0 Å². The summed E-state index contributed by atoms with van der Waals surface area (Å²) in [7, 11) is 1.63. The highest BCUT2D eigenvalue weighted by Gasteiger charge is 2.30. The van der Waals surface area contributed by atoms with Gasteiger partial charge >= 0.3 is 11.8 Å². The topological polar surface area (TPSA) is 66.6 Å². The number of thiocarbonyl (C=S) groups is 1. The Bertz CT molecular complexity index is 544. The normalized spacial score (nSPS) is 15.8. The number of carbonyl (C=O) groups excluding carboxylic acids is 2. The average Bonchev–Trinajstić information content (AvgIpc) is 2.40. The first-order chi connectivity index (χ1) is 9.00. The zero-order valence-electron chi connectivity index (χ0n) is 10.6. The van der Waals surface area contributed by atoms with Crippen molar-refractivity contribution in [1.29, 1.82) is 0 Å². The molecule has 0 atom stereocenters. The zero-order chi connectivity index (χ0) is 14.0. The van der Waals surface area contributed by atoms with E-state index in [0.29, 0.717) is 24.6 Å². The fourth-order valence-electron chi connectivity index (χ4n) is 2.03. The van der Waals surface area contributed by atoms with E-state index in [1.165, 1.54) is 9.80 Å². The summed E-state index contributed by atoms with van der Waals surface area (Å²) in [5, 5.41) is 0. The maximum Gasteiger partial charge on any atom is 0.312 e. The number of hydrogen-bond acceptors (Lipinski definition) is 3. The summed E-state index contributed by atoms with van der Waals surface area (Å²) < 4.78 is 0. The third-order valence-corrected chi connectivity index (χ3v) is 3.39. The Kier molecular flexibility index (Phi) is 3.80. The molecule has 2 rings (SSSR count). The van der Waals surface area contributed by atoms with Gasteiger partial charge in [0.1, 0.15) is 4.99 Å². The summed E-state index contributed by atoms with van der Waals surface area (Å²) in [5.41, 5.74) is 7.27. The van der Waals surface area contributed by atoms with E-state index in [9.17, 15) is 9.59 Å². The van der Waals surface area contributed by atoms with E-state index in [4.69, 9.17) is 18.0 Å². The second-order valence-corrected chi connectivity index (χ2v) is 4.91. The minimum absolute atomic E-state index is 0.295. The number of likely N-dealkylation sites (N-methyl/N-ethyl adjacent to an activating group) is 1. The van der Waals surface area contributed by atoms with Crippen LogP contribution in [0, 0.1) is 0 Å². The fourth-order valence-corrected chi connectivity index (χ4v) is 2.23. The summed E-state index contributed by atoms with van der Waals surface area (Å²) in [6, 6.07) is 7.39. The van der Waals surface area contributed by atoms with E-state index in [2.05, 4.69) is 0 Å². The van der Waals surface area contributed by atoms with Crippen LogP contribution in [0.2, 0.25) is 0 Å². The number of nitrogens with zero attached hydrogens (tertiary/aromatic N) is 2. The van der Waals surface area contributed by atoms with Crippen LogP contribution >= 0.6 is 12.2 Å². The summed E-state index contributed by atoms with van der Waals surface area (Å²) in [6.07, 6.45) is 0. The molecule has 1 fully saturated rings. The highest BCUT2D eigenvalue weighted by atomic mass is 32.1. The van der Waals surface area contributed by atoms with Gasteiger partial charge < -0.3 is 15.5 Å². The van der Waals surface area contributed by atoms with Crippen LogP contribution in [0.1, 0.15) is 11.1 Å². The third kappa shape index (κ3) is 2.73. The van der Waals surface area contributed by atoms with Gasteiger partial charge in [-0.1, -0.05) is 36.5 Å². The molecule has 1 aliphatic heterocycles. The molecule has 6 heteroatoms. The van der Waals surface area contributed by atoms with Crippen molar-refractivity contribution in [2.24, 2.45) is 5.73 Å². The predicted octanol–water partition coefficient (Wildman–Crippen LogP) is 0.121. The molecule has 2 amide bonds. The lowest BCUT2D eigenvalue weighted by Gasteiger charge is -2.31. The van der Waals surface area contributed by atoms with Crippen LogP contribution in [-0.4, -0.2) is 46.7 Å². The van der Waals surface area contributed by atoms with Gasteiger partial charge in [-0.3, -0.25) is 9.59 Å². The molecule has 1 heterocycles. The molecule has 1 aromatic rings. The Hall–Kier alpha value is -1.95. The number of carbonyl (C=O) groups is 2. The lowest BCUT2D eigenvalue weighted by molar-refractivity contribution is -0.155. The molecule has 2 N–H and O–H groups in total. The van der Waals surface area contributed by atoms with Crippen LogP contribution in [0.3, 0.4) is 0 Å². The van der Waals surface area contributed by atoms with Crippen LogP contribution in [0.4, 0.5) is 0 Å². The first kappa shape index (κ1) is 13.5. The van der Waals surface area contributed by atoms with E-state index < -0.39 is 11.8 Å². The van der Waals surface area contributed by atoms with Crippen molar-refractivity contribution in [3.05, 3.63) is 35.4 Å². The first-order valence-electron chi connectivity index (χ1n) is 5.93. The number of benzene rings is 1. The Morgan fingerprint density at radius 2 is 1.95 bits per heavy atom. The lowest BCUT2D eigenvalue weighted by Crippen LogP contribution is -2.52. The minimum Gasteiger partial charge on any atom is -0.389 e. The van der Waals surface area contributed by atoms with Crippen LogP contribution in [0.5, 0.6) is 0 Å². The van der Waals surface area contributed by atoms with Gasteiger partial charge in [0.15, 0.2) is 0 Å². The molecule has 0 aliphatic carbocycles. The molecular formula is C13H15N3O2S. The molecule has 0 saturated carbocycles. The maximum absolute atomic E-state index is 11.9. The SMILES string of the molecule is CN1CCN(Cc2ccccc2C(N)=S)C(=O)C1=O. The van der Waals surface area contributed by atoms with Crippen molar-refractivity contribution in [1.82, 2.24) is 9.80 Å². The molecule has 1 saturated heterocycles. The molecule has 0 bridgehead atoms. The minimum atomic E-state index is -0.480. The van der Waals surface area contributed by atoms with Crippen LogP contribution in [0.25, 0.3) is 0 Å². The van der Waals surface area contributed by atoms with Gasteiger partial charge in [0.05, 0.1) is 0 Å². The molecule has 100 valence electrons. The summed E-state index contributed by atoms with van der Waals surface area (Å²) >= 11 is 4.99. The lowest BCUT2D eigenvalue weighted by atomic mass is 10.1. The van der Waals surface area contributed by atoms with Gasteiger partial charge in [-0.05, 0) is 5.56 Å². The fraction of sp³-hybridized carbons (Fsp3) is 0.308. The molecule has 0 radical (unpaired) electrons. The Balaban J connectivity index is 2.20. The van der Waals surface area contributed by atoms with Crippen molar-refractivity contribution in [2.75, 3.05) is 20.1 Å². The number of piperazine rings is 1. The van der Waals surface area contributed by atoms with Gasteiger partial charge in [0, 0.05) is 32.2 Å². The molecule has 1 aromatic carbocycles.